The Bertz CT molecular complexity index is 716. The van der Waals surface area contributed by atoms with Gasteiger partial charge in [0.2, 0.25) is 17.7 Å². The van der Waals surface area contributed by atoms with Gasteiger partial charge < -0.3 is 15.2 Å². The highest BCUT2D eigenvalue weighted by atomic mass is 32.2. The monoisotopic (exact) mass is 422 g/mol. The smallest absolute Gasteiger partial charge is 0.312 e. The van der Waals surface area contributed by atoms with Crippen molar-refractivity contribution in [1.82, 2.24) is 10.2 Å². The first-order valence-electron chi connectivity index (χ1n) is 7.99. The fourth-order valence-corrected chi connectivity index (χ4v) is 2.16. The number of carbonyl (C=O) groups excluding carboxylic acids is 4. The van der Waals surface area contributed by atoms with Crippen LogP contribution in [0.4, 0.5) is 0 Å². The molecule has 0 spiro atoms. The second-order valence-electron chi connectivity index (χ2n) is 5.37. The van der Waals surface area contributed by atoms with E-state index in [0.29, 0.717) is 4.90 Å². The van der Waals surface area contributed by atoms with Crippen LogP contribution < -0.4 is 5.32 Å². The summed E-state index contributed by atoms with van der Waals surface area (Å²) < 4.78 is 34.3. The van der Waals surface area contributed by atoms with E-state index in [4.69, 9.17) is 14.4 Å². The predicted molar refractivity (Wildman–Crippen MR) is 93.4 cm³/mol. The number of hydrogen-bond donors (Lipinski definition) is 3. The summed E-state index contributed by atoms with van der Waals surface area (Å²) >= 11 is 0. The molecule has 0 aliphatic carbocycles. The van der Waals surface area contributed by atoms with Crippen molar-refractivity contribution in [3.8, 4) is 0 Å². The molecule has 12 nitrogen and oxygen atoms in total. The van der Waals surface area contributed by atoms with Gasteiger partial charge in [-0.25, -0.2) is 0 Å². The molecule has 0 bridgehead atoms. The number of carboxylic acid groups (broad SMARTS) is 1. The summed E-state index contributed by atoms with van der Waals surface area (Å²) in [7, 11) is -4.25. The van der Waals surface area contributed by atoms with E-state index in [0.717, 1.165) is 0 Å². The van der Waals surface area contributed by atoms with Crippen LogP contribution in [0.1, 0.15) is 25.7 Å². The summed E-state index contributed by atoms with van der Waals surface area (Å²) in [6.45, 7) is 2.48. The summed E-state index contributed by atoms with van der Waals surface area (Å²) in [4.78, 5) is 58.3. The average molecular weight is 422 g/mol. The van der Waals surface area contributed by atoms with Crippen molar-refractivity contribution in [3.05, 3.63) is 12.7 Å². The highest BCUT2D eigenvalue weighted by Crippen LogP contribution is 2.04. The molecule has 0 radical (unpaired) electrons. The van der Waals surface area contributed by atoms with E-state index in [9.17, 15) is 32.4 Å². The van der Waals surface area contributed by atoms with Gasteiger partial charge in [-0.15, -0.1) is 0 Å². The Morgan fingerprint density at radius 1 is 1.07 bits per heavy atom. The van der Waals surface area contributed by atoms with Gasteiger partial charge in [-0.05, 0) is 0 Å². The first kappa shape index (κ1) is 25.2. The summed E-state index contributed by atoms with van der Waals surface area (Å²) in [5.74, 6) is -5.56. The molecule has 0 saturated carbocycles. The number of amides is 3. The lowest BCUT2D eigenvalue weighted by atomic mass is 10.2. The third-order valence-corrected chi connectivity index (χ3v) is 3.77. The van der Waals surface area contributed by atoms with Gasteiger partial charge >= 0.3 is 11.9 Å². The zero-order valence-electron chi connectivity index (χ0n) is 15.0. The van der Waals surface area contributed by atoms with Crippen LogP contribution in [-0.2, 0) is 38.8 Å². The normalized spacial score (nSPS) is 10.6. The van der Waals surface area contributed by atoms with Crippen LogP contribution in [0, 0.1) is 0 Å². The zero-order valence-corrected chi connectivity index (χ0v) is 15.8. The quantitative estimate of drug-likeness (QED) is 0.140. The average Bonchev–Trinajstić information content (AvgIpc) is 2.56. The van der Waals surface area contributed by atoms with E-state index < -0.39 is 71.3 Å². The molecule has 0 aromatic rings. The van der Waals surface area contributed by atoms with Crippen LogP contribution in [0.25, 0.3) is 0 Å². The Morgan fingerprint density at radius 3 is 2.25 bits per heavy atom. The minimum Gasteiger partial charge on any atom is -0.481 e. The second kappa shape index (κ2) is 12.6. The maximum absolute atomic E-state index is 12.2. The molecule has 0 heterocycles. The molecule has 0 aliphatic rings. The number of nitrogens with zero attached hydrogens (tertiary/aromatic N) is 1. The lowest BCUT2D eigenvalue weighted by molar-refractivity contribution is -0.150. The standard InChI is InChI=1S/C15H22N2O10S/c1-2-8-27-15(23)5-7-17(13(20)10-14(21)22)12(19)4-3-11(18)16-6-9-28(24,25)26/h2H,1,3-10H2,(H,16,18)(H,21,22)(H,24,25,26). The minimum absolute atomic E-state index is 0.0699. The summed E-state index contributed by atoms with van der Waals surface area (Å²) in [6, 6.07) is 0. The molecule has 13 heteroatoms. The Morgan fingerprint density at radius 2 is 1.71 bits per heavy atom. The number of esters is 1. The molecule has 0 aliphatic heterocycles. The van der Waals surface area contributed by atoms with Gasteiger partial charge in [-0.2, -0.15) is 8.42 Å². The van der Waals surface area contributed by atoms with Gasteiger partial charge in [-0.3, -0.25) is 33.4 Å². The van der Waals surface area contributed by atoms with Gasteiger partial charge in [0, 0.05) is 25.9 Å². The van der Waals surface area contributed by atoms with E-state index in [1.54, 1.807) is 0 Å². The fraction of sp³-hybridized carbons (Fsp3) is 0.533. The number of carboxylic acids is 1. The highest BCUT2D eigenvalue weighted by Gasteiger charge is 2.24. The second-order valence-corrected chi connectivity index (χ2v) is 6.94. The molecular weight excluding hydrogens is 400 g/mol. The molecule has 158 valence electrons. The van der Waals surface area contributed by atoms with Crippen molar-refractivity contribution in [2.75, 3.05) is 25.4 Å². The number of nitrogens with one attached hydrogen (secondary N) is 1. The third-order valence-electron chi connectivity index (χ3n) is 3.05. The summed E-state index contributed by atoms with van der Waals surface area (Å²) in [5, 5.41) is 10.9. The molecule has 0 unspecified atom stereocenters. The molecule has 3 N–H and O–H groups in total. The maximum Gasteiger partial charge on any atom is 0.312 e. The van der Waals surface area contributed by atoms with Gasteiger partial charge in [0.15, 0.2) is 0 Å². The van der Waals surface area contributed by atoms with Gasteiger partial charge in [0.05, 0.1) is 12.2 Å². The zero-order chi connectivity index (χ0) is 21.7. The first-order valence-corrected chi connectivity index (χ1v) is 9.60. The van der Waals surface area contributed by atoms with Crippen LogP contribution >= 0.6 is 0 Å². The summed E-state index contributed by atoms with van der Waals surface area (Å²) in [5.41, 5.74) is 0. The van der Waals surface area contributed by atoms with E-state index >= 15 is 0 Å². The highest BCUT2D eigenvalue weighted by molar-refractivity contribution is 7.85. The number of rotatable bonds is 13. The SMILES string of the molecule is C=CCOC(=O)CCN(C(=O)CCC(=O)NCCS(=O)(=O)O)C(=O)CC(=O)O. The molecule has 0 aromatic heterocycles. The lowest BCUT2D eigenvalue weighted by Gasteiger charge is -2.19. The van der Waals surface area contributed by atoms with Crippen LogP contribution in [0.2, 0.25) is 0 Å². The minimum atomic E-state index is -4.25. The predicted octanol–water partition coefficient (Wildman–Crippen LogP) is -1.28. The van der Waals surface area contributed by atoms with Crippen LogP contribution in [-0.4, -0.2) is 78.1 Å². The number of ether oxygens (including phenoxy) is 1. The van der Waals surface area contributed by atoms with Crippen molar-refractivity contribution < 1.29 is 46.8 Å². The number of aliphatic carboxylic acids is 1. The first-order chi connectivity index (χ1) is 13.0. The van der Waals surface area contributed by atoms with Crippen molar-refractivity contribution in [2.24, 2.45) is 0 Å². The summed E-state index contributed by atoms with van der Waals surface area (Å²) in [6.07, 6.45) is -0.927. The molecular formula is C15H22N2O10S. The van der Waals surface area contributed by atoms with E-state index in [1.165, 1.54) is 6.08 Å². The van der Waals surface area contributed by atoms with Crippen molar-refractivity contribution >= 4 is 39.8 Å². The molecule has 0 aromatic carbocycles. The van der Waals surface area contributed by atoms with Crippen LogP contribution in [0.3, 0.4) is 0 Å². The largest absolute Gasteiger partial charge is 0.481 e. The topological polar surface area (TPSA) is 184 Å². The van der Waals surface area contributed by atoms with Crippen LogP contribution in [0.15, 0.2) is 12.7 Å². The lowest BCUT2D eigenvalue weighted by Crippen LogP contribution is -2.40. The molecule has 0 rings (SSSR count). The Hall–Kier alpha value is -2.80. The molecule has 28 heavy (non-hydrogen) atoms. The number of imide groups is 1. The maximum atomic E-state index is 12.2. The Balaban J connectivity index is 4.71. The molecule has 0 saturated heterocycles. The van der Waals surface area contributed by atoms with Crippen LogP contribution in [0.5, 0.6) is 0 Å². The van der Waals surface area contributed by atoms with E-state index in [1.807, 2.05) is 0 Å². The van der Waals surface area contributed by atoms with Crippen molar-refractivity contribution in [1.29, 1.82) is 0 Å². The van der Waals surface area contributed by atoms with Gasteiger partial charge in [-0.1, -0.05) is 12.7 Å². The third kappa shape index (κ3) is 12.5. The molecule has 0 fully saturated rings. The Kier molecular flexibility index (Phi) is 11.3. The molecule has 0 atom stereocenters. The number of hydrogen-bond acceptors (Lipinski definition) is 8. The van der Waals surface area contributed by atoms with E-state index in [-0.39, 0.29) is 19.6 Å². The Labute approximate surface area is 161 Å². The molecule has 3 amide bonds. The van der Waals surface area contributed by atoms with E-state index in [2.05, 4.69) is 11.9 Å². The van der Waals surface area contributed by atoms with Crippen molar-refractivity contribution in [3.63, 3.8) is 0 Å². The fourth-order valence-electron chi connectivity index (χ4n) is 1.80. The van der Waals surface area contributed by atoms with Crippen molar-refractivity contribution in [2.45, 2.75) is 25.7 Å². The number of carbonyl (C=O) groups is 5. The van der Waals surface area contributed by atoms with Gasteiger partial charge in [0.1, 0.15) is 13.0 Å². The van der Waals surface area contributed by atoms with Gasteiger partial charge in [0.25, 0.3) is 10.1 Å².